The van der Waals surface area contributed by atoms with Crippen LogP contribution in [-0.2, 0) is 13.1 Å². The van der Waals surface area contributed by atoms with Crippen LogP contribution >= 0.6 is 11.3 Å². The third kappa shape index (κ3) is 4.80. The highest BCUT2D eigenvalue weighted by molar-refractivity contribution is 7.11. The molecule has 0 saturated carbocycles. The van der Waals surface area contributed by atoms with Gasteiger partial charge >= 0.3 is 0 Å². The molecular formula is C19H26N2OS. The van der Waals surface area contributed by atoms with Gasteiger partial charge in [-0.1, -0.05) is 12.1 Å². The van der Waals surface area contributed by atoms with Crippen molar-refractivity contribution < 1.29 is 5.11 Å². The fraction of sp³-hybridized carbons (Fsp3) is 0.474. The molecule has 0 amide bonds. The van der Waals surface area contributed by atoms with E-state index in [1.807, 2.05) is 11.3 Å². The first kappa shape index (κ1) is 16.5. The predicted octanol–water partition coefficient (Wildman–Crippen LogP) is 3.87. The highest BCUT2D eigenvalue weighted by Crippen LogP contribution is 2.21. The van der Waals surface area contributed by atoms with Crippen LogP contribution in [0.3, 0.4) is 0 Å². The Morgan fingerprint density at radius 1 is 1.22 bits per heavy atom. The summed E-state index contributed by atoms with van der Waals surface area (Å²) in [5.41, 5.74) is 2.55. The molecule has 1 aromatic heterocycles. The zero-order chi connectivity index (χ0) is 16.1. The first-order chi connectivity index (χ1) is 11.2. The van der Waals surface area contributed by atoms with Crippen molar-refractivity contribution in [3.8, 4) is 0 Å². The predicted molar refractivity (Wildman–Crippen MR) is 97.9 cm³/mol. The first-order valence-corrected chi connectivity index (χ1v) is 9.26. The standard InChI is InChI=1S/C19H26N2OS/c1-15-5-6-19(23-15)12-20-18-4-2-3-17(11-18)13-21-9-7-16(14-22)8-10-21/h2-6,11,16,20,22H,7-10,12-14H2,1H3. The van der Waals surface area contributed by atoms with Crippen LogP contribution < -0.4 is 5.32 Å². The number of hydrogen-bond donors (Lipinski definition) is 2. The molecule has 0 spiro atoms. The fourth-order valence-electron chi connectivity index (χ4n) is 3.13. The van der Waals surface area contributed by atoms with E-state index in [9.17, 15) is 5.11 Å². The number of piperidine rings is 1. The minimum atomic E-state index is 0.343. The zero-order valence-corrected chi connectivity index (χ0v) is 14.6. The molecule has 0 unspecified atom stereocenters. The second kappa shape index (κ2) is 7.95. The van der Waals surface area contributed by atoms with Crippen molar-refractivity contribution in [2.24, 2.45) is 5.92 Å². The van der Waals surface area contributed by atoms with Crippen molar-refractivity contribution in [3.05, 3.63) is 51.7 Å². The van der Waals surface area contributed by atoms with Gasteiger partial charge in [-0.2, -0.15) is 0 Å². The van der Waals surface area contributed by atoms with Crippen molar-refractivity contribution in [2.45, 2.75) is 32.9 Å². The van der Waals surface area contributed by atoms with Crippen LogP contribution in [-0.4, -0.2) is 29.7 Å². The second-order valence-corrected chi connectivity index (χ2v) is 7.84. The topological polar surface area (TPSA) is 35.5 Å². The highest BCUT2D eigenvalue weighted by atomic mass is 32.1. The summed E-state index contributed by atoms with van der Waals surface area (Å²) in [5, 5.41) is 12.8. The molecule has 1 aliphatic heterocycles. The minimum absolute atomic E-state index is 0.343. The van der Waals surface area contributed by atoms with Gasteiger partial charge in [-0.15, -0.1) is 11.3 Å². The summed E-state index contributed by atoms with van der Waals surface area (Å²) in [5.74, 6) is 0.508. The van der Waals surface area contributed by atoms with Gasteiger partial charge in [0.15, 0.2) is 0 Å². The van der Waals surface area contributed by atoms with Crippen LogP contribution in [0, 0.1) is 12.8 Å². The van der Waals surface area contributed by atoms with E-state index in [1.165, 1.54) is 21.0 Å². The fourth-order valence-corrected chi connectivity index (χ4v) is 3.96. The van der Waals surface area contributed by atoms with Gasteiger partial charge in [-0.3, -0.25) is 4.90 Å². The molecule has 3 rings (SSSR count). The maximum atomic E-state index is 9.23. The van der Waals surface area contributed by atoms with E-state index in [2.05, 4.69) is 53.5 Å². The highest BCUT2D eigenvalue weighted by Gasteiger charge is 2.18. The number of rotatable bonds is 6. The Kier molecular flexibility index (Phi) is 5.70. The molecule has 1 fully saturated rings. The molecular weight excluding hydrogens is 304 g/mol. The van der Waals surface area contributed by atoms with Crippen LogP contribution in [0.4, 0.5) is 5.69 Å². The second-order valence-electron chi connectivity index (χ2n) is 6.47. The lowest BCUT2D eigenvalue weighted by molar-refractivity contribution is 0.127. The Labute approximate surface area is 143 Å². The van der Waals surface area contributed by atoms with Crippen molar-refractivity contribution in [3.63, 3.8) is 0 Å². The number of aliphatic hydroxyl groups excluding tert-OH is 1. The lowest BCUT2D eigenvalue weighted by Gasteiger charge is -2.31. The average molecular weight is 330 g/mol. The molecule has 2 N–H and O–H groups in total. The summed E-state index contributed by atoms with van der Waals surface area (Å²) in [7, 11) is 0. The smallest absolute Gasteiger partial charge is 0.0494 e. The zero-order valence-electron chi connectivity index (χ0n) is 13.8. The third-order valence-corrected chi connectivity index (χ3v) is 5.56. The molecule has 0 atom stereocenters. The largest absolute Gasteiger partial charge is 0.396 e. The van der Waals surface area contributed by atoms with Crippen molar-refractivity contribution >= 4 is 17.0 Å². The number of aryl methyl sites for hydroxylation is 1. The maximum Gasteiger partial charge on any atom is 0.0494 e. The summed E-state index contributed by atoms with van der Waals surface area (Å²) in [4.78, 5) is 5.23. The van der Waals surface area contributed by atoms with E-state index in [0.29, 0.717) is 12.5 Å². The summed E-state index contributed by atoms with van der Waals surface area (Å²) in [6.45, 7) is 6.58. The van der Waals surface area contributed by atoms with Crippen LogP contribution in [0.15, 0.2) is 36.4 Å². The lowest BCUT2D eigenvalue weighted by Crippen LogP contribution is -2.34. The van der Waals surface area contributed by atoms with E-state index < -0.39 is 0 Å². The van der Waals surface area contributed by atoms with Crippen molar-refractivity contribution in [1.82, 2.24) is 4.90 Å². The van der Waals surface area contributed by atoms with Gasteiger partial charge in [0, 0.05) is 35.1 Å². The van der Waals surface area contributed by atoms with Crippen molar-refractivity contribution in [2.75, 3.05) is 25.0 Å². The molecule has 1 saturated heterocycles. The number of aliphatic hydroxyl groups is 1. The molecule has 23 heavy (non-hydrogen) atoms. The summed E-state index contributed by atoms with van der Waals surface area (Å²) in [6.07, 6.45) is 2.23. The molecule has 4 heteroatoms. The Hall–Kier alpha value is -1.36. The lowest BCUT2D eigenvalue weighted by atomic mass is 9.97. The molecule has 0 aliphatic carbocycles. The quantitative estimate of drug-likeness (QED) is 0.844. The number of nitrogens with one attached hydrogen (secondary N) is 1. The van der Waals surface area contributed by atoms with Gasteiger partial charge < -0.3 is 10.4 Å². The summed E-state index contributed by atoms with van der Waals surface area (Å²) in [6, 6.07) is 13.1. The molecule has 3 nitrogen and oxygen atoms in total. The molecule has 124 valence electrons. The minimum Gasteiger partial charge on any atom is -0.396 e. The molecule has 0 radical (unpaired) electrons. The number of anilines is 1. The SMILES string of the molecule is Cc1ccc(CNc2cccc(CN3CCC(CO)CC3)c2)s1. The molecule has 1 aromatic carbocycles. The number of benzene rings is 1. The molecule has 2 heterocycles. The number of hydrogen-bond acceptors (Lipinski definition) is 4. The van der Waals surface area contributed by atoms with E-state index in [4.69, 9.17) is 0 Å². The van der Waals surface area contributed by atoms with Crippen LogP contribution in [0.25, 0.3) is 0 Å². The number of thiophene rings is 1. The normalized spacial score (nSPS) is 16.6. The van der Waals surface area contributed by atoms with Gasteiger partial charge in [-0.25, -0.2) is 0 Å². The van der Waals surface area contributed by atoms with Gasteiger partial charge in [0.2, 0.25) is 0 Å². The van der Waals surface area contributed by atoms with Crippen LogP contribution in [0.2, 0.25) is 0 Å². The average Bonchev–Trinajstić information content (AvgIpc) is 3.00. The van der Waals surface area contributed by atoms with Crippen LogP contribution in [0.1, 0.15) is 28.2 Å². The molecule has 2 aromatic rings. The first-order valence-electron chi connectivity index (χ1n) is 8.44. The summed E-state index contributed by atoms with van der Waals surface area (Å²) < 4.78 is 0. The monoisotopic (exact) mass is 330 g/mol. The Morgan fingerprint density at radius 3 is 2.74 bits per heavy atom. The van der Waals surface area contributed by atoms with Crippen LogP contribution in [0.5, 0.6) is 0 Å². The van der Waals surface area contributed by atoms with Gasteiger partial charge in [0.25, 0.3) is 0 Å². The van der Waals surface area contributed by atoms with E-state index in [-0.39, 0.29) is 0 Å². The van der Waals surface area contributed by atoms with E-state index in [1.54, 1.807) is 0 Å². The van der Waals surface area contributed by atoms with E-state index in [0.717, 1.165) is 39.0 Å². The van der Waals surface area contributed by atoms with Crippen molar-refractivity contribution in [1.29, 1.82) is 0 Å². The number of likely N-dealkylation sites (tertiary alicyclic amines) is 1. The molecule has 1 aliphatic rings. The summed E-state index contributed by atoms with van der Waals surface area (Å²) >= 11 is 1.85. The molecule has 0 bridgehead atoms. The van der Waals surface area contributed by atoms with E-state index >= 15 is 0 Å². The number of nitrogens with zero attached hydrogens (tertiary/aromatic N) is 1. The van der Waals surface area contributed by atoms with Gasteiger partial charge in [0.1, 0.15) is 0 Å². The Bertz CT molecular complexity index is 617. The van der Waals surface area contributed by atoms with Gasteiger partial charge in [0.05, 0.1) is 0 Å². The Balaban J connectivity index is 1.53. The van der Waals surface area contributed by atoms with Gasteiger partial charge in [-0.05, 0) is 68.6 Å². The third-order valence-electron chi connectivity index (χ3n) is 4.56. The maximum absolute atomic E-state index is 9.23. The Morgan fingerprint density at radius 2 is 2.04 bits per heavy atom.